The Morgan fingerprint density at radius 3 is 1.83 bits per heavy atom. The lowest BCUT2D eigenvalue weighted by molar-refractivity contribution is -0.480. The third kappa shape index (κ3) is 9.32. The zero-order valence-corrected chi connectivity index (χ0v) is 13.2. The third-order valence-corrected chi connectivity index (χ3v) is 2.99. The highest BCUT2D eigenvalue weighted by atomic mass is 16.5. The monoisotopic (exact) mass is 257 g/mol. The number of rotatable bonds is 9. The summed E-state index contributed by atoms with van der Waals surface area (Å²) in [6.07, 6.45) is 10.7. The van der Waals surface area contributed by atoms with Crippen LogP contribution in [0, 0.1) is 0 Å². The summed E-state index contributed by atoms with van der Waals surface area (Å²) in [5, 5.41) is 0. The van der Waals surface area contributed by atoms with Gasteiger partial charge in [-0.25, -0.2) is 9.48 Å². The Balaban J connectivity index is 3.42. The van der Waals surface area contributed by atoms with E-state index in [1.165, 1.54) is 51.4 Å². The van der Waals surface area contributed by atoms with E-state index in [1.807, 2.05) is 37.7 Å². The fourth-order valence-corrected chi connectivity index (χ4v) is 2.06. The summed E-state index contributed by atoms with van der Waals surface area (Å²) in [4.78, 5) is 2.02. The Kier molecular flexibility index (Phi) is 10.9. The lowest BCUT2D eigenvalue weighted by Crippen LogP contribution is -2.32. The van der Waals surface area contributed by atoms with Crippen LogP contribution in [0.4, 0.5) is 0 Å². The maximum absolute atomic E-state index is 5.78. The SMILES string of the molecule is CCCCCCCCCCOC(N(C)C)=[N+](C)C. The minimum absolute atomic E-state index is 0.834. The molecule has 3 nitrogen and oxygen atoms in total. The Labute approximate surface area is 114 Å². The van der Waals surface area contributed by atoms with Crippen LogP contribution in [-0.2, 0) is 4.74 Å². The van der Waals surface area contributed by atoms with Crippen molar-refractivity contribution in [3.05, 3.63) is 0 Å². The van der Waals surface area contributed by atoms with E-state index in [2.05, 4.69) is 6.92 Å². The molecule has 0 aliphatic rings. The van der Waals surface area contributed by atoms with Gasteiger partial charge in [-0.2, -0.15) is 0 Å². The number of hydrogen-bond donors (Lipinski definition) is 0. The van der Waals surface area contributed by atoms with Crippen molar-refractivity contribution in [3.63, 3.8) is 0 Å². The first-order valence-corrected chi connectivity index (χ1v) is 7.44. The molecule has 0 aromatic heterocycles. The molecule has 0 spiro atoms. The second kappa shape index (κ2) is 11.4. The highest BCUT2D eigenvalue weighted by Crippen LogP contribution is 2.08. The Hall–Kier alpha value is -0.730. The van der Waals surface area contributed by atoms with E-state index in [0.29, 0.717) is 0 Å². The smallest absolute Gasteiger partial charge is 0.432 e. The van der Waals surface area contributed by atoms with Crippen molar-refractivity contribution < 1.29 is 9.31 Å². The van der Waals surface area contributed by atoms with Gasteiger partial charge in [0.15, 0.2) is 0 Å². The molecule has 0 aliphatic heterocycles. The van der Waals surface area contributed by atoms with Crippen molar-refractivity contribution >= 4 is 6.02 Å². The van der Waals surface area contributed by atoms with E-state index in [0.717, 1.165) is 12.6 Å². The number of unbranched alkanes of at least 4 members (excludes halogenated alkanes) is 7. The van der Waals surface area contributed by atoms with Crippen LogP contribution >= 0.6 is 0 Å². The summed E-state index contributed by atoms with van der Waals surface area (Å²) in [5.41, 5.74) is 0. The Morgan fingerprint density at radius 2 is 1.39 bits per heavy atom. The topological polar surface area (TPSA) is 15.5 Å². The quantitative estimate of drug-likeness (QED) is 0.272. The molecule has 18 heavy (non-hydrogen) atoms. The van der Waals surface area contributed by atoms with Crippen molar-refractivity contribution in [2.45, 2.75) is 58.3 Å². The van der Waals surface area contributed by atoms with Gasteiger partial charge < -0.3 is 4.74 Å². The molecule has 0 rings (SSSR count). The lowest BCUT2D eigenvalue weighted by Gasteiger charge is -2.11. The second-order valence-corrected chi connectivity index (χ2v) is 5.39. The van der Waals surface area contributed by atoms with E-state index in [4.69, 9.17) is 4.74 Å². The van der Waals surface area contributed by atoms with E-state index in [9.17, 15) is 0 Å². The standard InChI is InChI=1S/C15H33N2O/c1-6-7-8-9-10-11-12-13-14-18-15(16(2)3)17(4)5/h6-14H2,1-5H3/q+1. The summed E-state index contributed by atoms with van der Waals surface area (Å²) < 4.78 is 7.80. The van der Waals surface area contributed by atoms with E-state index < -0.39 is 0 Å². The van der Waals surface area contributed by atoms with Gasteiger partial charge in [0.2, 0.25) is 0 Å². The van der Waals surface area contributed by atoms with Crippen molar-refractivity contribution in [3.8, 4) is 0 Å². The number of hydrogen-bond acceptors (Lipinski definition) is 1. The highest BCUT2D eigenvalue weighted by molar-refractivity contribution is 5.67. The van der Waals surface area contributed by atoms with Crippen LogP contribution in [0.5, 0.6) is 0 Å². The molecule has 0 saturated carbocycles. The van der Waals surface area contributed by atoms with Crippen LogP contribution in [0.2, 0.25) is 0 Å². The minimum Gasteiger partial charge on any atom is -0.432 e. The average molecular weight is 257 g/mol. The van der Waals surface area contributed by atoms with Crippen LogP contribution in [0.1, 0.15) is 58.3 Å². The Morgan fingerprint density at radius 1 is 0.889 bits per heavy atom. The summed E-state index contributed by atoms with van der Waals surface area (Å²) in [6, 6.07) is 0.943. The molecule has 0 bridgehead atoms. The van der Waals surface area contributed by atoms with Crippen LogP contribution in [0.3, 0.4) is 0 Å². The molecule has 108 valence electrons. The molecule has 0 saturated heterocycles. The molecular formula is C15H33N2O+. The predicted molar refractivity (Wildman–Crippen MR) is 79.4 cm³/mol. The fraction of sp³-hybridized carbons (Fsp3) is 0.933. The molecule has 3 heteroatoms. The highest BCUT2D eigenvalue weighted by Gasteiger charge is 2.12. The molecule has 0 atom stereocenters. The van der Waals surface area contributed by atoms with Crippen LogP contribution in [-0.4, -0.2) is 50.3 Å². The van der Waals surface area contributed by atoms with Crippen LogP contribution in [0.25, 0.3) is 0 Å². The predicted octanol–water partition coefficient (Wildman–Crippen LogP) is 3.33. The van der Waals surface area contributed by atoms with Gasteiger partial charge in [0.05, 0.1) is 34.8 Å². The van der Waals surface area contributed by atoms with Crippen molar-refractivity contribution in [1.29, 1.82) is 0 Å². The lowest BCUT2D eigenvalue weighted by atomic mass is 10.1. The molecule has 0 heterocycles. The summed E-state index contributed by atoms with van der Waals surface area (Å²) in [7, 11) is 8.07. The van der Waals surface area contributed by atoms with Gasteiger partial charge >= 0.3 is 6.02 Å². The van der Waals surface area contributed by atoms with E-state index in [-0.39, 0.29) is 0 Å². The van der Waals surface area contributed by atoms with Gasteiger partial charge in [-0.1, -0.05) is 51.9 Å². The zero-order chi connectivity index (χ0) is 13.8. The van der Waals surface area contributed by atoms with Gasteiger partial charge in [0.25, 0.3) is 0 Å². The molecule has 0 radical (unpaired) electrons. The normalized spacial score (nSPS) is 10.3. The van der Waals surface area contributed by atoms with Gasteiger partial charge in [-0.15, -0.1) is 0 Å². The number of amidine groups is 1. The largest absolute Gasteiger partial charge is 0.445 e. The fourth-order valence-electron chi connectivity index (χ4n) is 2.06. The molecule has 0 unspecified atom stereocenters. The Bertz CT molecular complexity index is 221. The third-order valence-electron chi connectivity index (χ3n) is 2.99. The van der Waals surface area contributed by atoms with Gasteiger partial charge in [0.1, 0.15) is 0 Å². The zero-order valence-electron chi connectivity index (χ0n) is 13.2. The maximum atomic E-state index is 5.78. The van der Waals surface area contributed by atoms with Gasteiger partial charge in [0, 0.05) is 0 Å². The van der Waals surface area contributed by atoms with E-state index in [1.54, 1.807) is 0 Å². The molecule has 0 fully saturated rings. The summed E-state index contributed by atoms with van der Waals surface area (Å²) >= 11 is 0. The molecule has 0 aromatic rings. The number of ether oxygens (including phenoxy) is 1. The second-order valence-electron chi connectivity index (χ2n) is 5.39. The maximum Gasteiger partial charge on any atom is 0.445 e. The van der Waals surface area contributed by atoms with Crippen LogP contribution in [0.15, 0.2) is 0 Å². The first-order valence-electron chi connectivity index (χ1n) is 7.44. The summed E-state index contributed by atoms with van der Waals surface area (Å²) in [5.74, 6) is 0. The van der Waals surface area contributed by atoms with Gasteiger partial charge in [-0.05, 0) is 6.42 Å². The summed E-state index contributed by atoms with van der Waals surface area (Å²) in [6.45, 7) is 3.10. The van der Waals surface area contributed by atoms with Crippen molar-refractivity contribution in [2.75, 3.05) is 34.8 Å². The van der Waals surface area contributed by atoms with Crippen LogP contribution < -0.4 is 0 Å². The molecule has 0 aliphatic carbocycles. The molecule has 0 aromatic carbocycles. The minimum atomic E-state index is 0.834. The molecule has 0 N–H and O–H groups in total. The number of nitrogens with zero attached hydrogens (tertiary/aromatic N) is 2. The first kappa shape index (κ1) is 17.3. The van der Waals surface area contributed by atoms with Crippen molar-refractivity contribution in [2.24, 2.45) is 0 Å². The average Bonchev–Trinajstić information content (AvgIpc) is 2.30. The molecular weight excluding hydrogens is 224 g/mol. The van der Waals surface area contributed by atoms with Crippen molar-refractivity contribution in [1.82, 2.24) is 4.90 Å². The van der Waals surface area contributed by atoms with Gasteiger partial charge in [-0.3, -0.25) is 0 Å². The molecule has 0 amide bonds. The van der Waals surface area contributed by atoms with E-state index >= 15 is 0 Å². The first-order chi connectivity index (χ1) is 8.59.